The van der Waals surface area contributed by atoms with Gasteiger partial charge in [-0.05, 0) is 31.4 Å². The number of aryl methyl sites for hydroxylation is 1. The first kappa shape index (κ1) is 21.2. The highest BCUT2D eigenvalue weighted by atomic mass is 127. The third-order valence-corrected chi connectivity index (χ3v) is 3.19. The summed E-state index contributed by atoms with van der Waals surface area (Å²) in [6, 6.07) is 8.35. The van der Waals surface area contributed by atoms with Crippen molar-refractivity contribution < 1.29 is 4.74 Å². The van der Waals surface area contributed by atoms with Gasteiger partial charge in [0.1, 0.15) is 0 Å². The minimum atomic E-state index is 0. The number of hydrogen-bond acceptors (Lipinski definition) is 2. The molecule has 0 radical (unpaired) electrons. The van der Waals surface area contributed by atoms with Crippen LogP contribution in [0.5, 0.6) is 0 Å². The maximum Gasteiger partial charge on any atom is 0.191 e. The second kappa shape index (κ2) is 13.8. The third-order valence-electron chi connectivity index (χ3n) is 3.19. The van der Waals surface area contributed by atoms with Gasteiger partial charge in [0, 0.05) is 19.7 Å². The van der Waals surface area contributed by atoms with E-state index >= 15 is 0 Å². The molecule has 0 spiro atoms. The van der Waals surface area contributed by atoms with Crippen LogP contribution in [-0.4, -0.2) is 32.3 Å². The van der Waals surface area contributed by atoms with Crippen LogP contribution in [0.15, 0.2) is 29.3 Å². The number of ether oxygens (including phenoxy) is 1. The zero-order valence-corrected chi connectivity index (χ0v) is 16.4. The summed E-state index contributed by atoms with van der Waals surface area (Å²) in [6.45, 7) is 10.3. The molecule has 0 amide bonds. The minimum Gasteiger partial charge on any atom is -0.380 e. The van der Waals surface area contributed by atoms with Crippen LogP contribution in [0.4, 0.5) is 0 Å². The lowest BCUT2D eigenvalue weighted by Crippen LogP contribution is -2.39. The van der Waals surface area contributed by atoms with E-state index in [0.717, 1.165) is 38.7 Å². The first-order chi connectivity index (χ1) is 10.3. The monoisotopic (exact) mass is 419 g/mol. The summed E-state index contributed by atoms with van der Waals surface area (Å²) in [5.74, 6) is 0.847. The molecule has 0 atom stereocenters. The Hall–Kier alpha value is -0.820. The maximum atomic E-state index is 5.54. The second-order valence-electron chi connectivity index (χ2n) is 5.01. The Morgan fingerprint density at radius 1 is 1.14 bits per heavy atom. The molecule has 1 aromatic rings. The lowest BCUT2D eigenvalue weighted by atomic mass is 10.1. The molecular weight excluding hydrogens is 389 g/mol. The fraction of sp³-hybridized carbons (Fsp3) is 0.588. The van der Waals surface area contributed by atoms with Gasteiger partial charge in [0.05, 0.1) is 13.2 Å². The topological polar surface area (TPSA) is 45.6 Å². The Morgan fingerprint density at radius 3 is 2.59 bits per heavy atom. The van der Waals surface area contributed by atoms with Gasteiger partial charge in [-0.2, -0.15) is 0 Å². The second-order valence-corrected chi connectivity index (χ2v) is 5.01. The molecule has 0 aliphatic heterocycles. The molecule has 0 fully saturated rings. The van der Waals surface area contributed by atoms with Crippen molar-refractivity contribution in [1.82, 2.24) is 10.6 Å². The van der Waals surface area contributed by atoms with Crippen molar-refractivity contribution in [2.45, 2.75) is 40.2 Å². The Bertz CT molecular complexity index is 424. The van der Waals surface area contributed by atoms with Crippen molar-refractivity contribution in [2.24, 2.45) is 4.99 Å². The van der Waals surface area contributed by atoms with Crippen LogP contribution >= 0.6 is 24.0 Å². The summed E-state index contributed by atoms with van der Waals surface area (Å²) < 4.78 is 5.54. The lowest BCUT2D eigenvalue weighted by molar-refractivity contribution is 0.136. The van der Waals surface area contributed by atoms with Gasteiger partial charge in [-0.1, -0.05) is 37.6 Å². The maximum absolute atomic E-state index is 5.54. The zero-order chi connectivity index (χ0) is 15.3. The van der Waals surface area contributed by atoms with E-state index < -0.39 is 0 Å². The molecular formula is C17H30IN3O. The van der Waals surface area contributed by atoms with Crippen molar-refractivity contribution in [1.29, 1.82) is 0 Å². The normalized spacial score (nSPS) is 11.0. The number of benzene rings is 1. The quantitative estimate of drug-likeness (QED) is 0.279. The Balaban J connectivity index is 0.00000441. The van der Waals surface area contributed by atoms with Crippen molar-refractivity contribution in [3.8, 4) is 0 Å². The molecule has 1 rings (SSSR count). The van der Waals surface area contributed by atoms with Crippen LogP contribution in [0.25, 0.3) is 0 Å². The number of halogens is 1. The van der Waals surface area contributed by atoms with E-state index in [2.05, 4.69) is 60.7 Å². The molecule has 0 bridgehead atoms. The van der Waals surface area contributed by atoms with E-state index in [1.807, 2.05) is 0 Å². The van der Waals surface area contributed by atoms with Crippen molar-refractivity contribution in [3.05, 3.63) is 35.4 Å². The lowest BCUT2D eigenvalue weighted by Gasteiger charge is -2.12. The summed E-state index contributed by atoms with van der Waals surface area (Å²) in [7, 11) is 0. The molecule has 1 aromatic carbocycles. The average molecular weight is 419 g/mol. The van der Waals surface area contributed by atoms with Gasteiger partial charge < -0.3 is 15.4 Å². The van der Waals surface area contributed by atoms with E-state index in [4.69, 9.17) is 4.74 Å². The van der Waals surface area contributed by atoms with E-state index in [1.54, 1.807) is 0 Å². The first-order valence-corrected chi connectivity index (χ1v) is 7.92. The summed E-state index contributed by atoms with van der Waals surface area (Å²) in [5, 5.41) is 6.56. The van der Waals surface area contributed by atoms with E-state index in [1.165, 1.54) is 17.5 Å². The Labute approximate surface area is 152 Å². The SMILES string of the molecule is CCCCOCCNC(=NCc1ccccc1C)NCC.I. The smallest absolute Gasteiger partial charge is 0.191 e. The fourth-order valence-corrected chi connectivity index (χ4v) is 1.88. The Morgan fingerprint density at radius 2 is 1.91 bits per heavy atom. The van der Waals surface area contributed by atoms with Gasteiger partial charge in [-0.25, -0.2) is 4.99 Å². The largest absolute Gasteiger partial charge is 0.380 e. The number of guanidine groups is 1. The standard InChI is InChI=1S/C17H29N3O.HI/c1-4-6-12-21-13-11-19-17(18-5-2)20-14-16-10-8-7-9-15(16)3;/h7-10H,4-6,11-14H2,1-3H3,(H2,18,19,20);1H. The van der Waals surface area contributed by atoms with E-state index in [9.17, 15) is 0 Å². The van der Waals surface area contributed by atoms with Gasteiger partial charge in [0.2, 0.25) is 0 Å². The van der Waals surface area contributed by atoms with Gasteiger partial charge in [-0.3, -0.25) is 0 Å². The molecule has 0 unspecified atom stereocenters. The van der Waals surface area contributed by atoms with Gasteiger partial charge >= 0.3 is 0 Å². The number of hydrogen-bond donors (Lipinski definition) is 2. The predicted molar refractivity (Wildman–Crippen MR) is 105 cm³/mol. The summed E-state index contributed by atoms with van der Waals surface area (Å²) in [5.41, 5.74) is 2.54. The Kier molecular flexibility index (Phi) is 13.3. The average Bonchev–Trinajstić information content (AvgIpc) is 2.49. The highest BCUT2D eigenvalue weighted by molar-refractivity contribution is 14.0. The highest BCUT2D eigenvalue weighted by Gasteiger charge is 1.99. The number of nitrogens with zero attached hydrogens (tertiary/aromatic N) is 1. The first-order valence-electron chi connectivity index (χ1n) is 7.92. The molecule has 0 heterocycles. The molecule has 0 saturated heterocycles. The molecule has 5 heteroatoms. The summed E-state index contributed by atoms with van der Waals surface area (Å²) >= 11 is 0. The van der Waals surface area contributed by atoms with Crippen LogP contribution in [0.2, 0.25) is 0 Å². The molecule has 0 saturated carbocycles. The molecule has 22 heavy (non-hydrogen) atoms. The molecule has 126 valence electrons. The van der Waals surface area contributed by atoms with E-state index in [-0.39, 0.29) is 24.0 Å². The van der Waals surface area contributed by atoms with Crippen LogP contribution < -0.4 is 10.6 Å². The highest BCUT2D eigenvalue weighted by Crippen LogP contribution is 2.07. The number of rotatable bonds is 9. The fourth-order valence-electron chi connectivity index (χ4n) is 1.88. The zero-order valence-electron chi connectivity index (χ0n) is 14.0. The number of aliphatic imine (C=N–C) groups is 1. The molecule has 4 nitrogen and oxygen atoms in total. The molecule has 0 aromatic heterocycles. The van der Waals surface area contributed by atoms with Crippen LogP contribution in [0.1, 0.15) is 37.8 Å². The van der Waals surface area contributed by atoms with Crippen LogP contribution in [0, 0.1) is 6.92 Å². The minimum absolute atomic E-state index is 0. The molecule has 0 aliphatic carbocycles. The van der Waals surface area contributed by atoms with Gasteiger partial charge in [-0.15, -0.1) is 24.0 Å². The van der Waals surface area contributed by atoms with Gasteiger partial charge in [0.25, 0.3) is 0 Å². The number of unbranched alkanes of at least 4 members (excludes halogenated alkanes) is 1. The van der Waals surface area contributed by atoms with E-state index in [0.29, 0.717) is 6.54 Å². The molecule has 0 aliphatic rings. The summed E-state index contributed by atoms with van der Waals surface area (Å²) in [6.07, 6.45) is 2.30. The van der Waals surface area contributed by atoms with Crippen LogP contribution in [0.3, 0.4) is 0 Å². The van der Waals surface area contributed by atoms with Crippen LogP contribution in [-0.2, 0) is 11.3 Å². The van der Waals surface area contributed by atoms with Crippen molar-refractivity contribution in [2.75, 3.05) is 26.3 Å². The number of nitrogens with one attached hydrogen (secondary N) is 2. The van der Waals surface area contributed by atoms with Crippen molar-refractivity contribution in [3.63, 3.8) is 0 Å². The van der Waals surface area contributed by atoms with Gasteiger partial charge in [0.15, 0.2) is 5.96 Å². The molecule has 2 N–H and O–H groups in total. The predicted octanol–water partition coefficient (Wildman–Crippen LogP) is 3.48. The summed E-state index contributed by atoms with van der Waals surface area (Å²) in [4.78, 5) is 4.62. The third kappa shape index (κ3) is 9.25. The van der Waals surface area contributed by atoms with Crippen molar-refractivity contribution >= 4 is 29.9 Å².